The molecule has 1 aliphatic rings. The van der Waals surface area contributed by atoms with Crippen molar-refractivity contribution in [3.05, 3.63) is 88.7 Å². The van der Waals surface area contributed by atoms with Gasteiger partial charge in [-0.15, -0.1) is 35.9 Å². The van der Waals surface area contributed by atoms with Gasteiger partial charge in [0.25, 0.3) is 0 Å². The number of aliphatic hydroxyl groups excluding tert-OH is 1. The molecule has 0 aliphatic carbocycles. The largest absolute Gasteiger partial charge is 0.512 e. The Morgan fingerprint density at radius 1 is 1.06 bits per heavy atom. The summed E-state index contributed by atoms with van der Waals surface area (Å²) in [6.07, 6.45) is 5.69. The minimum absolute atomic E-state index is 0. The van der Waals surface area contributed by atoms with Gasteiger partial charge in [-0.2, -0.15) is 0 Å². The van der Waals surface area contributed by atoms with Crippen LogP contribution in [0.25, 0.3) is 5.57 Å². The zero-order valence-electron chi connectivity index (χ0n) is 21.3. The van der Waals surface area contributed by atoms with E-state index < -0.39 is 0 Å². The van der Waals surface area contributed by atoms with E-state index in [1.807, 2.05) is 45.9 Å². The summed E-state index contributed by atoms with van der Waals surface area (Å²) in [7, 11) is 0. The van der Waals surface area contributed by atoms with Crippen molar-refractivity contribution >= 4 is 17.1 Å². The van der Waals surface area contributed by atoms with Crippen molar-refractivity contribution < 1.29 is 30.0 Å². The van der Waals surface area contributed by atoms with Crippen molar-refractivity contribution in [2.75, 3.05) is 6.54 Å². The van der Waals surface area contributed by atoms with Crippen molar-refractivity contribution in [3.63, 3.8) is 0 Å². The molecule has 0 fully saturated rings. The Balaban J connectivity index is 0.000000364. The first-order valence-electron chi connectivity index (χ1n) is 11.9. The number of dihydropyridines is 1. The summed E-state index contributed by atoms with van der Waals surface area (Å²) >= 11 is 0. The molecule has 0 saturated heterocycles. The third-order valence-corrected chi connectivity index (χ3v) is 5.11. The van der Waals surface area contributed by atoms with Gasteiger partial charge in [-0.1, -0.05) is 63.1 Å². The Hall–Kier alpha value is -2.29. The fourth-order valence-corrected chi connectivity index (χ4v) is 3.81. The average molecular weight is 637 g/mol. The van der Waals surface area contributed by atoms with Crippen molar-refractivity contribution in [2.45, 2.75) is 60.8 Å². The number of hydrogen-bond donors (Lipinski definition) is 1. The van der Waals surface area contributed by atoms with E-state index in [0.717, 1.165) is 24.2 Å². The number of aliphatic imine (C=N–C) groups is 1. The second kappa shape index (κ2) is 14.9. The number of carbonyl (C=O) groups excluding carboxylic acids is 1. The molecule has 0 amide bonds. The zero-order chi connectivity index (χ0) is 24.4. The van der Waals surface area contributed by atoms with Crippen molar-refractivity contribution in [1.29, 1.82) is 0 Å². The van der Waals surface area contributed by atoms with Crippen molar-refractivity contribution in [3.8, 4) is 0 Å². The zero-order valence-corrected chi connectivity index (χ0v) is 23.7. The number of aryl methyl sites for hydroxylation is 2. The Morgan fingerprint density at radius 3 is 2.26 bits per heavy atom. The minimum Gasteiger partial charge on any atom is -0.512 e. The number of nitrogens with zero attached hydrogens (tertiary/aromatic N) is 1. The summed E-state index contributed by atoms with van der Waals surface area (Å²) in [5.41, 5.74) is 7.46. The molecule has 34 heavy (non-hydrogen) atoms. The van der Waals surface area contributed by atoms with Crippen molar-refractivity contribution in [1.82, 2.24) is 0 Å². The van der Waals surface area contributed by atoms with Gasteiger partial charge in [0.15, 0.2) is 5.78 Å². The minimum atomic E-state index is 0. The molecule has 185 valence electrons. The Bertz CT molecular complexity index is 997. The average Bonchev–Trinajstić information content (AvgIpc) is 2.73. The van der Waals surface area contributed by atoms with E-state index in [4.69, 9.17) is 0 Å². The van der Waals surface area contributed by atoms with E-state index in [0.29, 0.717) is 24.7 Å². The molecule has 4 heteroatoms. The van der Waals surface area contributed by atoms with Gasteiger partial charge in [0, 0.05) is 45.6 Å². The normalized spacial score (nSPS) is 13.5. The van der Waals surface area contributed by atoms with Crippen LogP contribution in [0.4, 0.5) is 0 Å². The van der Waals surface area contributed by atoms with Gasteiger partial charge in [-0.25, -0.2) is 0 Å². The molecule has 0 atom stereocenters. The SMILES string of the molecule is CC(C)CC(=O)/C=C(\O)CC(C)C.Cc1cc(C)cc(C2=CC(c3[c-]cccc3)=NCC2)c1.[Ir]. The molecule has 1 radical (unpaired) electrons. The van der Waals surface area contributed by atoms with Crippen molar-refractivity contribution in [2.24, 2.45) is 16.8 Å². The fraction of sp³-hybridized carbons (Fsp3) is 0.400. The number of benzene rings is 2. The molecule has 3 rings (SSSR count). The Labute approximate surface area is 219 Å². The third kappa shape index (κ3) is 10.8. The van der Waals surface area contributed by atoms with Crippen LogP contribution in [0, 0.1) is 31.7 Å². The maximum atomic E-state index is 11.2. The molecule has 1 aliphatic heterocycles. The molecule has 0 bridgehead atoms. The van der Waals surface area contributed by atoms with E-state index in [2.05, 4.69) is 55.2 Å². The maximum absolute atomic E-state index is 11.2. The standard InChI is InChI=1S/C19H18N.C11H20O2.Ir/c1-14-10-15(2)12-18(11-14)17-8-9-20-19(13-17)16-6-4-3-5-7-16;1-8(2)5-10(12)7-11(13)6-9(3)4;/h3-6,10-13H,8-9H2,1-2H3;7-9,12H,5-6H2,1-4H3;/q-1;;/b;10-7-;. The van der Waals surface area contributed by atoms with E-state index in [9.17, 15) is 9.90 Å². The molecule has 0 unspecified atom stereocenters. The van der Waals surface area contributed by atoms with Gasteiger partial charge in [0.1, 0.15) is 0 Å². The van der Waals surface area contributed by atoms with Gasteiger partial charge < -0.3 is 10.1 Å². The van der Waals surface area contributed by atoms with E-state index >= 15 is 0 Å². The molecule has 0 aromatic heterocycles. The monoisotopic (exact) mass is 637 g/mol. The summed E-state index contributed by atoms with van der Waals surface area (Å²) in [6.45, 7) is 13.2. The number of rotatable bonds is 7. The second-order valence-electron chi connectivity index (χ2n) is 9.64. The van der Waals surface area contributed by atoms with Crippen LogP contribution in [-0.4, -0.2) is 23.1 Å². The predicted octanol–water partition coefficient (Wildman–Crippen LogP) is 7.47. The first kappa shape index (κ1) is 29.7. The smallest absolute Gasteiger partial charge is 0.159 e. The van der Waals surface area contributed by atoms with Gasteiger partial charge in [0.2, 0.25) is 0 Å². The number of aliphatic hydroxyl groups is 1. The summed E-state index contributed by atoms with van der Waals surface area (Å²) in [6, 6.07) is 18.0. The van der Waals surface area contributed by atoms with E-state index in [1.54, 1.807) is 0 Å². The van der Waals surface area contributed by atoms with Crippen LogP contribution in [0.1, 0.15) is 69.2 Å². The number of carbonyl (C=O) groups is 1. The number of allylic oxidation sites excluding steroid dienone is 3. The van der Waals surface area contributed by atoms with Crippen LogP contribution in [0.3, 0.4) is 0 Å². The van der Waals surface area contributed by atoms with Crippen LogP contribution < -0.4 is 0 Å². The summed E-state index contributed by atoms with van der Waals surface area (Å²) in [4.78, 5) is 15.8. The fourth-order valence-electron chi connectivity index (χ4n) is 3.81. The first-order chi connectivity index (χ1) is 15.6. The van der Waals surface area contributed by atoms with E-state index in [1.165, 1.54) is 28.3 Å². The molecular weight excluding hydrogens is 599 g/mol. The van der Waals surface area contributed by atoms with Gasteiger partial charge in [-0.05, 0) is 49.0 Å². The Kier molecular flexibility index (Phi) is 13.0. The molecular formula is C30H38IrNO2-. The maximum Gasteiger partial charge on any atom is 0.159 e. The van der Waals surface area contributed by atoms with Gasteiger partial charge in [0.05, 0.1) is 5.76 Å². The second-order valence-corrected chi connectivity index (χ2v) is 9.64. The predicted molar refractivity (Wildman–Crippen MR) is 140 cm³/mol. The molecule has 0 spiro atoms. The molecule has 0 saturated carbocycles. The summed E-state index contributed by atoms with van der Waals surface area (Å²) in [5, 5.41) is 9.34. The van der Waals surface area contributed by atoms with Crippen LogP contribution in [0.15, 0.2) is 65.4 Å². The van der Waals surface area contributed by atoms with Crippen LogP contribution in [0.2, 0.25) is 0 Å². The van der Waals surface area contributed by atoms with Gasteiger partial charge in [-0.3, -0.25) is 4.79 Å². The quantitative estimate of drug-likeness (QED) is 0.195. The molecule has 1 N–H and O–H groups in total. The number of ketones is 1. The molecule has 1 heterocycles. The van der Waals surface area contributed by atoms with Crippen LogP contribution in [-0.2, 0) is 24.9 Å². The summed E-state index contributed by atoms with van der Waals surface area (Å²) < 4.78 is 0. The van der Waals surface area contributed by atoms with Crippen LogP contribution >= 0.6 is 0 Å². The Morgan fingerprint density at radius 2 is 1.71 bits per heavy atom. The third-order valence-electron chi connectivity index (χ3n) is 5.11. The van der Waals surface area contributed by atoms with Gasteiger partial charge >= 0.3 is 0 Å². The molecule has 2 aromatic rings. The molecule has 3 nitrogen and oxygen atoms in total. The van der Waals surface area contributed by atoms with Crippen LogP contribution in [0.5, 0.6) is 0 Å². The summed E-state index contributed by atoms with van der Waals surface area (Å²) in [5.74, 6) is 0.979. The topological polar surface area (TPSA) is 49.7 Å². The number of hydrogen-bond acceptors (Lipinski definition) is 3. The molecule has 2 aromatic carbocycles. The van der Waals surface area contributed by atoms with E-state index in [-0.39, 0.29) is 31.6 Å². The first-order valence-corrected chi connectivity index (χ1v) is 11.9.